The van der Waals surface area contributed by atoms with E-state index in [4.69, 9.17) is 11.6 Å². The summed E-state index contributed by atoms with van der Waals surface area (Å²) in [5, 5.41) is 6.47. The second-order valence-electron chi connectivity index (χ2n) is 6.24. The summed E-state index contributed by atoms with van der Waals surface area (Å²) in [4.78, 5) is 37.1. The summed E-state index contributed by atoms with van der Waals surface area (Å²) in [7, 11) is 0. The van der Waals surface area contributed by atoms with Crippen molar-refractivity contribution in [2.75, 3.05) is 17.3 Å². The minimum atomic E-state index is -0.875. The van der Waals surface area contributed by atoms with Crippen LogP contribution in [0.15, 0.2) is 46.9 Å². The molecular formula is C20H18BrClN4O3. The molecule has 0 unspecified atom stereocenters. The quantitative estimate of drug-likeness (QED) is 0.499. The molecule has 29 heavy (non-hydrogen) atoms. The minimum absolute atomic E-state index is 0.162. The highest BCUT2D eigenvalue weighted by Crippen LogP contribution is 2.26. The molecule has 0 radical (unpaired) electrons. The van der Waals surface area contributed by atoms with Crippen LogP contribution in [0.4, 0.5) is 5.69 Å². The van der Waals surface area contributed by atoms with Crippen LogP contribution in [0.25, 0.3) is 10.9 Å². The third-order valence-electron chi connectivity index (χ3n) is 4.27. The SMILES string of the molecule is CCNC(=O)C(=O)Nn1c(C(=O)Nc2cccc(Cl)c2C)cc2cc(Br)ccc21. The molecule has 0 atom stereocenters. The van der Waals surface area contributed by atoms with Crippen molar-refractivity contribution in [3.05, 3.63) is 63.2 Å². The van der Waals surface area contributed by atoms with Crippen LogP contribution < -0.4 is 16.1 Å². The largest absolute Gasteiger partial charge is 0.348 e. The fraction of sp³-hybridized carbons (Fsp3) is 0.150. The molecule has 0 spiro atoms. The van der Waals surface area contributed by atoms with Crippen molar-refractivity contribution in [3.63, 3.8) is 0 Å². The third kappa shape index (κ3) is 4.44. The van der Waals surface area contributed by atoms with E-state index >= 15 is 0 Å². The number of rotatable bonds is 4. The van der Waals surface area contributed by atoms with Crippen LogP contribution in [0.1, 0.15) is 23.0 Å². The number of likely N-dealkylation sites (N-methyl/N-ethyl adjacent to an activating group) is 1. The van der Waals surface area contributed by atoms with Crippen LogP contribution >= 0.6 is 27.5 Å². The number of benzene rings is 2. The van der Waals surface area contributed by atoms with Crippen molar-refractivity contribution in [1.29, 1.82) is 0 Å². The van der Waals surface area contributed by atoms with Crippen molar-refractivity contribution in [2.45, 2.75) is 13.8 Å². The lowest BCUT2D eigenvalue weighted by Crippen LogP contribution is -2.39. The number of amides is 3. The molecular weight excluding hydrogens is 460 g/mol. The van der Waals surface area contributed by atoms with Gasteiger partial charge >= 0.3 is 11.8 Å². The molecule has 3 aromatic rings. The zero-order valence-electron chi connectivity index (χ0n) is 15.7. The van der Waals surface area contributed by atoms with Gasteiger partial charge in [0.15, 0.2) is 0 Å². The maximum absolute atomic E-state index is 13.0. The van der Waals surface area contributed by atoms with Gasteiger partial charge in [0.2, 0.25) is 0 Å². The topological polar surface area (TPSA) is 92.2 Å². The highest BCUT2D eigenvalue weighted by Gasteiger charge is 2.21. The Balaban J connectivity index is 2.01. The van der Waals surface area contributed by atoms with Gasteiger partial charge in [-0.05, 0) is 55.8 Å². The highest BCUT2D eigenvalue weighted by atomic mass is 79.9. The number of fused-ring (bicyclic) bond motifs is 1. The number of hydrogen-bond acceptors (Lipinski definition) is 3. The summed E-state index contributed by atoms with van der Waals surface area (Å²) in [6.45, 7) is 3.81. The van der Waals surface area contributed by atoms with Crippen LogP contribution in [0.2, 0.25) is 5.02 Å². The van der Waals surface area contributed by atoms with Gasteiger partial charge < -0.3 is 10.6 Å². The Kier molecular flexibility index (Phi) is 6.24. The van der Waals surface area contributed by atoms with E-state index in [2.05, 4.69) is 32.0 Å². The first-order valence-electron chi connectivity index (χ1n) is 8.78. The molecule has 0 saturated carbocycles. The van der Waals surface area contributed by atoms with E-state index in [1.54, 1.807) is 50.2 Å². The second kappa shape index (κ2) is 8.67. The lowest BCUT2D eigenvalue weighted by molar-refractivity contribution is -0.136. The van der Waals surface area contributed by atoms with E-state index < -0.39 is 17.7 Å². The summed E-state index contributed by atoms with van der Waals surface area (Å²) in [5.74, 6) is -2.12. The molecule has 0 bridgehead atoms. The van der Waals surface area contributed by atoms with Crippen LogP contribution in [-0.2, 0) is 9.59 Å². The monoisotopic (exact) mass is 476 g/mol. The van der Waals surface area contributed by atoms with Gasteiger partial charge in [-0.3, -0.25) is 19.8 Å². The highest BCUT2D eigenvalue weighted by molar-refractivity contribution is 9.10. The number of carbonyl (C=O) groups excluding carboxylic acids is 3. The van der Waals surface area contributed by atoms with Gasteiger partial charge in [0.1, 0.15) is 5.69 Å². The molecule has 2 aromatic carbocycles. The number of hydrogen-bond donors (Lipinski definition) is 3. The van der Waals surface area contributed by atoms with Gasteiger partial charge in [0.05, 0.1) is 5.52 Å². The molecule has 0 aliphatic heterocycles. The van der Waals surface area contributed by atoms with Crippen LogP contribution in [0.5, 0.6) is 0 Å². The number of nitrogens with one attached hydrogen (secondary N) is 3. The molecule has 150 valence electrons. The Morgan fingerprint density at radius 1 is 1.10 bits per heavy atom. The predicted octanol–water partition coefficient (Wildman–Crippen LogP) is 3.82. The Morgan fingerprint density at radius 3 is 2.59 bits per heavy atom. The van der Waals surface area contributed by atoms with Gasteiger partial charge in [-0.1, -0.05) is 33.6 Å². The standard InChI is InChI=1S/C20H18BrClN4O3/c1-3-23-19(28)20(29)25-26-16-8-7-13(21)9-12(16)10-17(26)18(27)24-15-6-4-5-14(22)11(15)2/h4-10H,3H2,1-2H3,(H,23,28)(H,24,27)(H,25,29). The number of anilines is 1. The van der Waals surface area contributed by atoms with E-state index in [-0.39, 0.29) is 5.69 Å². The van der Waals surface area contributed by atoms with Gasteiger partial charge in [0, 0.05) is 27.1 Å². The average Bonchev–Trinajstić information content (AvgIpc) is 3.03. The Labute approximate surface area is 180 Å². The van der Waals surface area contributed by atoms with Crippen LogP contribution in [-0.4, -0.2) is 28.9 Å². The van der Waals surface area contributed by atoms with Crippen molar-refractivity contribution >= 4 is 61.8 Å². The van der Waals surface area contributed by atoms with Gasteiger partial charge in [-0.15, -0.1) is 0 Å². The maximum Gasteiger partial charge on any atom is 0.328 e. The first-order chi connectivity index (χ1) is 13.8. The molecule has 1 heterocycles. The Morgan fingerprint density at radius 2 is 1.86 bits per heavy atom. The summed E-state index contributed by atoms with van der Waals surface area (Å²) < 4.78 is 2.11. The van der Waals surface area contributed by atoms with E-state index in [9.17, 15) is 14.4 Å². The van der Waals surface area contributed by atoms with E-state index in [1.165, 1.54) is 4.68 Å². The first-order valence-corrected chi connectivity index (χ1v) is 9.95. The molecule has 0 fully saturated rings. The average molecular weight is 478 g/mol. The van der Waals surface area contributed by atoms with Gasteiger partial charge in [-0.25, -0.2) is 4.68 Å². The van der Waals surface area contributed by atoms with Crippen molar-refractivity contribution in [1.82, 2.24) is 9.99 Å². The number of aromatic nitrogens is 1. The molecule has 7 nitrogen and oxygen atoms in total. The van der Waals surface area contributed by atoms with Gasteiger partial charge in [-0.2, -0.15) is 0 Å². The first kappa shape index (κ1) is 20.9. The van der Waals surface area contributed by atoms with Crippen molar-refractivity contribution in [2.24, 2.45) is 0 Å². The normalized spacial score (nSPS) is 10.6. The predicted molar refractivity (Wildman–Crippen MR) is 117 cm³/mol. The fourth-order valence-electron chi connectivity index (χ4n) is 2.80. The second-order valence-corrected chi connectivity index (χ2v) is 7.56. The number of halogens is 2. The number of carbonyl (C=O) groups is 3. The smallest absolute Gasteiger partial charge is 0.328 e. The molecule has 1 aromatic heterocycles. The van der Waals surface area contributed by atoms with Crippen molar-refractivity contribution in [3.8, 4) is 0 Å². The summed E-state index contributed by atoms with van der Waals surface area (Å²) >= 11 is 9.52. The Hall–Kier alpha value is -2.84. The zero-order chi connectivity index (χ0) is 21.1. The molecule has 9 heteroatoms. The molecule has 0 aliphatic rings. The van der Waals surface area contributed by atoms with E-state index in [0.29, 0.717) is 28.2 Å². The Bertz CT molecular complexity index is 1130. The third-order valence-corrected chi connectivity index (χ3v) is 5.17. The molecule has 3 N–H and O–H groups in total. The molecule has 3 rings (SSSR count). The lowest BCUT2D eigenvalue weighted by Gasteiger charge is -2.13. The van der Waals surface area contributed by atoms with Crippen molar-refractivity contribution < 1.29 is 14.4 Å². The summed E-state index contributed by atoms with van der Waals surface area (Å²) in [6, 6.07) is 12.1. The molecule has 0 saturated heterocycles. The van der Waals surface area contributed by atoms with E-state index in [1.807, 2.05) is 6.07 Å². The number of nitrogens with zero attached hydrogens (tertiary/aromatic N) is 1. The molecule has 0 aliphatic carbocycles. The fourth-order valence-corrected chi connectivity index (χ4v) is 3.35. The van der Waals surface area contributed by atoms with Crippen LogP contribution in [0.3, 0.4) is 0 Å². The molecule has 3 amide bonds. The lowest BCUT2D eigenvalue weighted by atomic mass is 10.2. The maximum atomic E-state index is 13.0. The van der Waals surface area contributed by atoms with Gasteiger partial charge in [0.25, 0.3) is 5.91 Å². The minimum Gasteiger partial charge on any atom is -0.348 e. The summed E-state index contributed by atoms with van der Waals surface area (Å²) in [5.41, 5.74) is 4.50. The van der Waals surface area contributed by atoms with Crippen LogP contribution in [0, 0.1) is 6.92 Å². The zero-order valence-corrected chi connectivity index (χ0v) is 18.0. The van der Waals surface area contributed by atoms with E-state index in [0.717, 1.165) is 10.0 Å². The summed E-state index contributed by atoms with van der Waals surface area (Å²) in [6.07, 6.45) is 0.